The molecule has 0 bridgehead atoms. The number of carbonyl (C=O) groups is 1. The van der Waals surface area contributed by atoms with Gasteiger partial charge in [-0.05, 0) is 47.2 Å². The molecule has 0 atom stereocenters. The Bertz CT molecular complexity index is 1200. The molecule has 1 heterocycles. The first kappa shape index (κ1) is 17.0. The molecular formula is C21H14ClN3O2. The maximum Gasteiger partial charge on any atom is 0.264 e. The first-order valence-electron chi connectivity index (χ1n) is 8.25. The number of amides is 1. The molecule has 132 valence electrons. The summed E-state index contributed by atoms with van der Waals surface area (Å²) >= 11 is 5.87. The van der Waals surface area contributed by atoms with Crippen molar-refractivity contribution in [2.24, 2.45) is 0 Å². The molecule has 0 spiro atoms. The summed E-state index contributed by atoms with van der Waals surface area (Å²) in [5, 5.41) is 5.40. The summed E-state index contributed by atoms with van der Waals surface area (Å²) in [6, 6.07) is 20.3. The van der Waals surface area contributed by atoms with E-state index in [0.29, 0.717) is 22.1 Å². The van der Waals surface area contributed by atoms with E-state index < -0.39 is 11.5 Å². The fourth-order valence-electron chi connectivity index (χ4n) is 2.78. The Labute approximate surface area is 159 Å². The number of hydrogen-bond acceptors (Lipinski definition) is 3. The van der Waals surface area contributed by atoms with Crippen molar-refractivity contribution in [2.75, 3.05) is 5.32 Å². The van der Waals surface area contributed by atoms with E-state index in [4.69, 9.17) is 11.6 Å². The molecule has 0 aliphatic rings. The first-order chi connectivity index (χ1) is 13.1. The lowest BCUT2D eigenvalue weighted by molar-refractivity contribution is 0.102. The molecule has 6 heteroatoms. The first-order valence-corrected chi connectivity index (χ1v) is 8.63. The summed E-state index contributed by atoms with van der Waals surface area (Å²) in [5.74, 6) is -0.138. The third-order valence-corrected chi connectivity index (χ3v) is 4.42. The number of nitrogens with zero attached hydrogens (tertiary/aromatic N) is 1. The van der Waals surface area contributed by atoms with Gasteiger partial charge in [-0.15, -0.1) is 0 Å². The summed E-state index contributed by atoms with van der Waals surface area (Å²) in [4.78, 5) is 31.6. The number of hydrogen-bond donors (Lipinski definition) is 2. The van der Waals surface area contributed by atoms with Crippen LogP contribution in [0.1, 0.15) is 10.4 Å². The Hall–Kier alpha value is -3.44. The van der Waals surface area contributed by atoms with Gasteiger partial charge in [0.05, 0.1) is 0 Å². The molecule has 0 aliphatic heterocycles. The van der Waals surface area contributed by atoms with E-state index in [1.807, 2.05) is 36.4 Å². The molecule has 4 rings (SSSR count). The predicted octanol–water partition coefficient (Wildman–Crippen LogP) is 4.50. The van der Waals surface area contributed by atoms with Crippen LogP contribution in [0, 0.1) is 0 Å². The zero-order valence-corrected chi connectivity index (χ0v) is 14.8. The minimum absolute atomic E-state index is 0.0547. The minimum atomic E-state index is -0.512. The summed E-state index contributed by atoms with van der Waals surface area (Å²) in [6.45, 7) is 0. The van der Waals surface area contributed by atoms with Crippen LogP contribution in [0.5, 0.6) is 0 Å². The molecule has 0 saturated heterocycles. The van der Waals surface area contributed by atoms with Gasteiger partial charge in [-0.1, -0.05) is 41.9 Å². The smallest absolute Gasteiger partial charge is 0.264 e. The fourth-order valence-corrected chi connectivity index (χ4v) is 2.90. The molecule has 2 N–H and O–H groups in total. The van der Waals surface area contributed by atoms with Crippen LogP contribution < -0.4 is 10.9 Å². The van der Waals surface area contributed by atoms with E-state index in [9.17, 15) is 9.59 Å². The Morgan fingerprint density at radius 2 is 1.70 bits per heavy atom. The number of rotatable bonds is 3. The average molecular weight is 376 g/mol. The second-order valence-electron chi connectivity index (χ2n) is 6.00. The number of H-pyrrole nitrogens is 1. The van der Waals surface area contributed by atoms with Gasteiger partial charge in [0.15, 0.2) is 0 Å². The molecule has 0 radical (unpaired) electrons. The van der Waals surface area contributed by atoms with Gasteiger partial charge in [0.25, 0.3) is 11.5 Å². The molecular weight excluding hydrogens is 362 g/mol. The van der Waals surface area contributed by atoms with Crippen LogP contribution in [0.25, 0.3) is 22.2 Å². The standard InChI is InChI=1S/C21H14ClN3O2/c22-16-8-5-14(6-9-16)19-23-12-18(21(27)25-19)20(26)24-17-10-7-13-3-1-2-4-15(13)11-17/h1-12H,(H,24,26)(H,23,25,27). The van der Waals surface area contributed by atoms with Crippen LogP contribution in [-0.2, 0) is 0 Å². The van der Waals surface area contributed by atoms with Gasteiger partial charge in [0, 0.05) is 22.5 Å². The van der Waals surface area contributed by atoms with E-state index in [2.05, 4.69) is 15.3 Å². The lowest BCUT2D eigenvalue weighted by atomic mass is 10.1. The Morgan fingerprint density at radius 3 is 2.44 bits per heavy atom. The third-order valence-electron chi connectivity index (χ3n) is 4.17. The number of benzene rings is 3. The summed E-state index contributed by atoms with van der Waals surface area (Å²) < 4.78 is 0. The van der Waals surface area contributed by atoms with Gasteiger partial charge in [-0.25, -0.2) is 4.98 Å². The van der Waals surface area contributed by atoms with Crippen LogP contribution in [0.4, 0.5) is 5.69 Å². The second-order valence-corrected chi connectivity index (χ2v) is 6.43. The topological polar surface area (TPSA) is 74.8 Å². The number of anilines is 1. The van der Waals surface area contributed by atoms with Crippen LogP contribution in [0.2, 0.25) is 5.02 Å². The minimum Gasteiger partial charge on any atom is -0.322 e. The number of nitrogens with one attached hydrogen (secondary N) is 2. The van der Waals surface area contributed by atoms with Crippen molar-refractivity contribution in [1.82, 2.24) is 9.97 Å². The van der Waals surface area contributed by atoms with Gasteiger partial charge >= 0.3 is 0 Å². The average Bonchev–Trinajstić information content (AvgIpc) is 2.68. The summed E-state index contributed by atoms with van der Waals surface area (Å²) in [5.41, 5.74) is 0.756. The maximum absolute atomic E-state index is 12.5. The Morgan fingerprint density at radius 1 is 0.963 bits per heavy atom. The molecule has 27 heavy (non-hydrogen) atoms. The molecule has 3 aromatic carbocycles. The van der Waals surface area contributed by atoms with Crippen molar-refractivity contribution in [3.63, 3.8) is 0 Å². The van der Waals surface area contributed by atoms with E-state index in [0.717, 1.165) is 10.8 Å². The Balaban J connectivity index is 1.59. The molecule has 5 nitrogen and oxygen atoms in total. The fraction of sp³-hybridized carbons (Fsp3) is 0. The van der Waals surface area contributed by atoms with Crippen molar-refractivity contribution in [2.45, 2.75) is 0 Å². The quantitative estimate of drug-likeness (QED) is 0.553. The van der Waals surface area contributed by atoms with Crippen molar-refractivity contribution < 1.29 is 4.79 Å². The molecule has 0 saturated carbocycles. The van der Waals surface area contributed by atoms with Gasteiger partial charge < -0.3 is 10.3 Å². The highest BCUT2D eigenvalue weighted by molar-refractivity contribution is 6.30. The zero-order chi connectivity index (χ0) is 18.8. The van der Waals surface area contributed by atoms with E-state index in [1.54, 1.807) is 30.3 Å². The van der Waals surface area contributed by atoms with Gasteiger partial charge in [-0.2, -0.15) is 0 Å². The SMILES string of the molecule is O=C(Nc1ccc2ccccc2c1)c1cnc(-c2ccc(Cl)cc2)[nH]c1=O. The van der Waals surface area contributed by atoms with E-state index >= 15 is 0 Å². The number of aromatic amines is 1. The van der Waals surface area contributed by atoms with Crippen molar-refractivity contribution >= 4 is 34.0 Å². The van der Waals surface area contributed by atoms with Gasteiger partial charge in [-0.3, -0.25) is 9.59 Å². The van der Waals surface area contributed by atoms with Crippen LogP contribution >= 0.6 is 11.6 Å². The van der Waals surface area contributed by atoms with E-state index in [-0.39, 0.29) is 5.56 Å². The molecule has 1 aromatic heterocycles. The summed E-state index contributed by atoms with van der Waals surface area (Å²) in [7, 11) is 0. The number of halogens is 1. The van der Waals surface area contributed by atoms with Crippen molar-refractivity contribution in [3.05, 3.63) is 93.9 Å². The monoisotopic (exact) mass is 375 g/mol. The van der Waals surface area contributed by atoms with Crippen molar-refractivity contribution in [1.29, 1.82) is 0 Å². The van der Waals surface area contributed by atoms with Crippen LogP contribution in [0.3, 0.4) is 0 Å². The Kier molecular flexibility index (Phi) is 4.44. The highest BCUT2D eigenvalue weighted by Crippen LogP contribution is 2.20. The third kappa shape index (κ3) is 3.59. The molecule has 4 aromatic rings. The highest BCUT2D eigenvalue weighted by Gasteiger charge is 2.13. The normalized spacial score (nSPS) is 10.7. The molecule has 1 amide bonds. The van der Waals surface area contributed by atoms with Crippen LogP contribution in [0.15, 0.2) is 77.7 Å². The second kappa shape index (κ2) is 7.05. The molecule has 0 unspecified atom stereocenters. The van der Waals surface area contributed by atoms with Gasteiger partial charge in [0.2, 0.25) is 0 Å². The molecule has 0 fully saturated rings. The zero-order valence-electron chi connectivity index (χ0n) is 14.1. The van der Waals surface area contributed by atoms with Gasteiger partial charge in [0.1, 0.15) is 11.4 Å². The predicted molar refractivity (Wildman–Crippen MR) is 107 cm³/mol. The number of fused-ring (bicyclic) bond motifs is 1. The van der Waals surface area contributed by atoms with E-state index in [1.165, 1.54) is 6.20 Å². The maximum atomic E-state index is 12.5. The van der Waals surface area contributed by atoms with Crippen molar-refractivity contribution in [3.8, 4) is 11.4 Å². The number of carbonyl (C=O) groups excluding carboxylic acids is 1. The lowest BCUT2D eigenvalue weighted by Crippen LogP contribution is -2.24. The largest absolute Gasteiger partial charge is 0.322 e. The van der Waals surface area contributed by atoms with Crippen LogP contribution in [-0.4, -0.2) is 15.9 Å². The number of aromatic nitrogens is 2. The summed E-state index contributed by atoms with van der Waals surface area (Å²) in [6.07, 6.45) is 1.28. The molecule has 0 aliphatic carbocycles. The lowest BCUT2D eigenvalue weighted by Gasteiger charge is -2.07. The highest BCUT2D eigenvalue weighted by atomic mass is 35.5.